The maximum absolute atomic E-state index is 4.05. The van der Waals surface area contributed by atoms with E-state index in [1.807, 2.05) is 0 Å². The average molecular weight is 403 g/mol. The summed E-state index contributed by atoms with van der Waals surface area (Å²) in [6, 6.07) is 3.17. The smallest absolute Gasteiger partial charge is 0.0509 e. The first-order chi connectivity index (χ1) is 14.2. The van der Waals surface area contributed by atoms with Gasteiger partial charge in [-0.05, 0) is 76.5 Å². The second kappa shape index (κ2) is 8.03. The summed E-state index contributed by atoms with van der Waals surface area (Å²) < 4.78 is 0. The molecule has 0 aromatic heterocycles. The monoisotopic (exact) mass is 402 g/mol. The van der Waals surface area contributed by atoms with E-state index in [0.29, 0.717) is 0 Å². The van der Waals surface area contributed by atoms with Crippen LogP contribution in [0.25, 0.3) is 0 Å². The van der Waals surface area contributed by atoms with Crippen molar-refractivity contribution in [2.75, 3.05) is 72.6 Å². The van der Waals surface area contributed by atoms with E-state index in [1.165, 1.54) is 97.7 Å². The maximum atomic E-state index is 4.05. The van der Waals surface area contributed by atoms with Gasteiger partial charge in [0.1, 0.15) is 0 Å². The number of likely N-dealkylation sites (N-methyl/N-ethyl adjacent to an activating group) is 1. The van der Waals surface area contributed by atoms with Gasteiger partial charge >= 0.3 is 0 Å². The van der Waals surface area contributed by atoms with Crippen LogP contribution >= 0.6 is 0 Å². The minimum Gasteiger partial charge on any atom is -0.316 e. The largest absolute Gasteiger partial charge is 0.316 e. The van der Waals surface area contributed by atoms with E-state index >= 15 is 0 Å². The predicted octanol–water partition coefficient (Wildman–Crippen LogP) is 0.316. The molecule has 7 atom stereocenters. The summed E-state index contributed by atoms with van der Waals surface area (Å²) in [5.41, 5.74) is 0. The Bertz CT molecular complexity index is 574. The van der Waals surface area contributed by atoms with Crippen molar-refractivity contribution in [1.82, 2.24) is 30.2 Å². The Morgan fingerprint density at radius 3 is 2.52 bits per heavy atom. The molecule has 0 amide bonds. The van der Waals surface area contributed by atoms with E-state index in [1.54, 1.807) is 0 Å². The molecular weight excluding hydrogens is 360 g/mol. The molecule has 0 radical (unpaired) electrons. The van der Waals surface area contributed by atoms with Gasteiger partial charge in [-0.1, -0.05) is 0 Å². The highest BCUT2D eigenvalue weighted by atomic mass is 15.4. The van der Waals surface area contributed by atoms with Gasteiger partial charge in [0.15, 0.2) is 0 Å². The van der Waals surface area contributed by atoms with Crippen LogP contribution in [-0.4, -0.2) is 116 Å². The Morgan fingerprint density at radius 1 is 0.828 bits per heavy atom. The van der Waals surface area contributed by atoms with Gasteiger partial charge in [-0.3, -0.25) is 9.80 Å². The van der Waals surface area contributed by atoms with Crippen LogP contribution in [0.2, 0.25) is 0 Å². The number of likely N-dealkylation sites (tertiary alicyclic amines) is 4. The molecule has 0 bridgehead atoms. The number of hydrogen-bond acceptors (Lipinski definition) is 6. The quantitative estimate of drug-likeness (QED) is 0.705. The Hall–Kier alpha value is -0.240. The molecule has 0 spiro atoms. The van der Waals surface area contributed by atoms with E-state index in [-0.39, 0.29) is 0 Å². The minimum atomic E-state index is 0.736. The summed E-state index contributed by atoms with van der Waals surface area (Å²) in [7, 11) is 2.35. The Kier molecular flexibility index (Phi) is 5.38. The molecule has 0 aromatic rings. The molecule has 6 aliphatic rings. The van der Waals surface area contributed by atoms with Gasteiger partial charge < -0.3 is 20.4 Å². The zero-order chi connectivity index (χ0) is 19.4. The highest BCUT2D eigenvalue weighted by Crippen LogP contribution is 2.33. The molecule has 0 saturated carbocycles. The number of piperidine rings is 2. The fourth-order valence-corrected chi connectivity index (χ4v) is 7.91. The normalized spacial score (nSPS) is 46.9. The van der Waals surface area contributed by atoms with Crippen LogP contribution in [-0.2, 0) is 0 Å². The summed E-state index contributed by atoms with van der Waals surface area (Å²) in [6.45, 7) is 13.0. The van der Waals surface area contributed by atoms with E-state index in [9.17, 15) is 0 Å². The molecule has 6 fully saturated rings. The van der Waals surface area contributed by atoms with Gasteiger partial charge in [-0.2, -0.15) is 0 Å². The van der Waals surface area contributed by atoms with Crippen molar-refractivity contribution < 1.29 is 0 Å². The van der Waals surface area contributed by atoms with Crippen molar-refractivity contribution in [3.05, 3.63) is 0 Å². The molecule has 0 aliphatic carbocycles. The molecule has 6 rings (SSSR count). The van der Waals surface area contributed by atoms with Crippen LogP contribution < -0.4 is 10.6 Å². The minimum absolute atomic E-state index is 0.736. The third-order valence-electron chi connectivity index (χ3n) is 9.38. The van der Waals surface area contributed by atoms with Crippen molar-refractivity contribution in [2.45, 2.75) is 56.3 Å². The number of rotatable bonds is 4. The molecule has 6 heterocycles. The van der Waals surface area contributed by atoms with E-state index in [0.717, 1.165) is 41.9 Å². The average Bonchev–Trinajstić information content (AvgIpc) is 3.45. The number of fused-ring (bicyclic) bond motifs is 3. The molecule has 6 nitrogen and oxygen atoms in total. The fourth-order valence-electron chi connectivity index (χ4n) is 7.91. The lowest BCUT2D eigenvalue weighted by Gasteiger charge is -2.41. The lowest BCUT2D eigenvalue weighted by molar-refractivity contribution is 0.0485. The lowest BCUT2D eigenvalue weighted by atomic mass is 9.92. The molecule has 0 aromatic carbocycles. The molecule has 164 valence electrons. The summed E-state index contributed by atoms with van der Waals surface area (Å²) in [5, 5.41) is 7.63. The summed E-state index contributed by atoms with van der Waals surface area (Å²) in [6.07, 6.45) is 6.96. The number of nitrogens with zero attached hydrogens (tertiary/aromatic N) is 4. The van der Waals surface area contributed by atoms with Crippen LogP contribution in [0.15, 0.2) is 0 Å². The molecule has 6 saturated heterocycles. The van der Waals surface area contributed by atoms with Crippen LogP contribution in [0.4, 0.5) is 0 Å². The Balaban J connectivity index is 0.996. The van der Waals surface area contributed by atoms with Gasteiger partial charge in [0, 0.05) is 63.4 Å². The zero-order valence-corrected chi connectivity index (χ0v) is 18.4. The molecule has 2 N–H and O–H groups in total. The first-order valence-electron chi connectivity index (χ1n) is 12.6. The molecule has 6 aliphatic heterocycles. The molecular formula is C23H42N6. The highest BCUT2D eigenvalue weighted by molar-refractivity contribution is 5.00. The third-order valence-corrected chi connectivity index (χ3v) is 9.38. The molecule has 7 unspecified atom stereocenters. The van der Waals surface area contributed by atoms with Crippen molar-refractivity contribution in [3.63, 3.8) is 0 Å². The van der Waals surface area contributed by atoms with Crippen LogP contribution in [0.3, 0.4) is 0 Å². The topological polar surface area (TPSA) is 37.0 Å². The second-order valence-electron chi connectivity index (χ2n) is 11.2. The van der Waals surface area contributed by atoms with Crippen LogP contribution in [0.1, 0.15) is 32.1 Å². The summed E-state index contributed by atoms with van der Waals surface area (Å²) in [5.74, 6) is 2.74. The van der Waals surface area contributed by atoms with Gasteiger partial charge in [-0.25, -0.2) is 0 Å². The first-order valence-corrected chi connectivity index (χ1v) is 12.6. The second-order valence-corrected chi connectivity index (χ2v) is 11.2. The van der Waals surface area contributed by atoms with Gasteiger partial charge in [0.05, 0.1) is 6.67 Å². The van der Waals surface area contributed by atoms with Gasteiger partial charge in [0.2, 0.25) is 0 Å². The third kappa shape index (κ3) is 3.79. The first kappa shape index (κ1) is 19.4. The molecule has 29 heavy (non-hydrogen) atoms. The Morgan fingerprint density at radius 2 is 1.66 bits per heavy atom. The number of nitrogens with one attached hydrogen (secondary N) is 2. The zero-order valence-electron chi connectivity index (χ0n) is 18.4. The van der Waals surface area contributed by atoms with Crippen molar-refractivity contribution in [3.8, 4) is 0 Å². The predicted molar refractivity (Wildman–Crippen MR) is 117 cm³/mol. The highest BCUT2D eigenvalue weighted by Gasteiger charge is 2.43. The summed E-state index contributed by atoms with van der Waals surface area (Å²) >= 11 is 0. The van der Waals surface area contributed by atoms with E-state index in [4.69, 9.17) is 0 Å². The Labute approximate surface area is 177 Å². The van der Waals surface area contributed by atoms with E-state index < -0.39 is 0 Å². The molecule has 6 heteroatoms. The summed E-state index contributed by atoms with van der Waals surface area (Å²) in [4.78, 5) is 11.0. The fraction of sp³-hybridized carbons (Fsp3) is 1.00. The number of hydrogen-bond donors (Lipinski definition) is 2. The van der Waals surface area contributed by atoms with Crippen molar-refractivity contribution in [2.24, 2.45) is 17.8 Å². The lowest BCUT2D eigenvalue weighted by Crippen LogP contribution is -2.53. The van der Waals surface area contributed by atoms with Gasteiger partial charge in [-0.15, -0.1) is 0 Å². The maximum Gasteiger partial charge on any atom is 0.0509 e. The van der Waals surface area contributed by atoms with Crippen molar-refractivity contribution in [1.29, 1.82) is 0 Å². The van der Waals surface area contributed by atoms with Gasteiger partial charge in [0.25, 0.3) is 0 Å². The van der Waals surface area contributed by atoms with E-state index in [2.05, 4.69) is 37.3 Å². The SMILES string of the molecule is CN1CCCC2C1CCN2CN1CCC2NC(CN3CC4CNCC4C3)CC2C1. The van der Waals surface area contributed by atoms with Crippen LogP contribution in [0.5, 0.6) is 0 Å². The van der Waals surface area contributed by atoms with Crippen molar-refractivity contribution >= 4 is 0 Å². The van der Waals surface area contributed by atoms with Crippen LogP contribution in [0, 0.1) is 17.8 Å². The standard InChI is InChI=1S/C23H42N6/c1-26-6-2-3-23-22(26)5-8-29(23)16-27-7-4-21-17(12-27)9-20(25-21)15-28-13-18-10-24-11-19(18)14-28/h17-25H,2-16H2,1H3.